The zero-order chi connectivity index (χ0) is 23.3. The fourth-order valence-corrected chi connectivity index (χ4v) is 4.46. The summed E-state index contributed by atoms with van der Waals surface area (Å²) in [5, 5.41) is 1.86. The SMILES string of the molecule is C=CCN1C(=O)[C@@H](CC(=O)Nc2ccc(F)cc2F)SC1=Nc1ccc(SC(F)F)cc1. The molecule has 2 aromatic carbocycles. The van der Waals surface area contributed by atoms with Gasteiger partial charge in [-0.25, -0.2) is 13.8 Å². The third kappa shape index (κ3) is 6.13. The van der Waals surface area contributed by atoms with Gasteiger partial charge in [0.05, 0.1) is 11.4 Å². The molecule has 0 bridgehead atoms. The Balaban J connectivity index is 1.72. The zero-order valence-electron chi connectivity index (χ0n) is 16.4. The van der Waals surface area contributed by atoms with Crippen LogP contribution in [0.15, 0.2) is 65.0 Å². The Labute approximate surface area is 190 Å². The van der Waals surface area contributed by atoms with Crippen LogP contribution in [0.4, 0.5) is 28.9 Å². The van der Waals surface area contributed by atoms with E-state index >= 15 is 0 Å². The number of anilines is 1. The van der Waals surface area contributed by atoms with Crippen LogP contribution in [0.5, 0.6) is 0 Å². The van der Waals surface area contributed by atoms with Gasteiger partial charge in [0.1, 0.15) is 16.9 Å². The molecule has 0 spiro atoms. The molecule has 1 saturated heterocycles. The second-order valence-electron chi connectivity index (χ2n) is 6.49. The fraction of sp³-hybridized carbons (Fsp3) is 0.190. The quantitative estimate of drug-likeness (QED) is 0.309. The van der Waals surface area contributed by atoms with Crippen LogP contribution in [-0.2, 0) is 9.59 Å². The van der Waals surface area contributed by atoms with Crippen molar-refractivity contribution in [3.8, 4) is 0 Å². The number of amidine groups is 1. The minimum absolute atomic E-state index is 0.161. The van der Waals surface area contributed by atoms with Crippen LogP contribution in [0, 0.1) is 11.6 Å². The number of hydrogen-bond acceptors (Lipinski definition) is 5. The summed E-state index contributed by atoms with van der Waals surface area (Å²) in [5.41, 5.74) is 0.261. The molecule has 0 aliphatic carbocycles. The molecule has 0 radical (unpaired) electrons. The summed E-state index contributed by atoms with van der Waals surface area (Å²) in [6.07, 6.45) is 1.25. The van der Waals surface area contributed by atoms with Gasteiger partial charge in [-0.2, -0.15) is 8.78 Å². The third-order valence-electron chi connectivity index (χ3n) is 4.19. The Bertz CT molecular complexity index is 1050. The van der Waals surface area contributed by atoms with Gasteiger partial charge in [0.25, 0.3) is 5.76 Å². The molecule has 5 nitrogen and oxygen atoms in total. The van der Waals surface area contributed by atoms with Crippen molar-refractivity contribution in [2.45, 2.75) is 22.3 Å². The topological polar surface area (TPSA) is 61.8 Å². The van der Waals surface area contributed by atoms with E-state index < -0.39 is 28.5 Å². The Kier molecular flexibility index (Phi) is 7.97. The molecule has 11 heteroatoms. The van der Waals surface area contributed by atoms with E-state index in [0.717, 1.165) is 23.9 Å². The van der Waals surface area contributed by atoms with Crippen LogP contribution in [0.1, 0.15) is 6.42 Å². The number of alkyl halides is 2. The van der Waals surface area contributed by atoms with Crippen LogP contribution < -0.4 is 5.32 Å². The molecule has 2 aromatic rings. The smallest absolute Gasteiger partial charge is 0.288 e. The molecule has 1 aliphatic rings. The van der Waals surface area contributed by atoms with E-state index in [1.807, 2.05) is 0 Å². The number of hydrogen-bond donors (Lipinski definition) is 1. The molecule has 0 saturated carbocycles. The standard InChI is InChI=1S/C21H17F4N3O2S2/c1-2-9-28-19(30)17(11-18(29)27-16-8-3-12(22)10-15(16)23)32-21(28)26-13-4-6-14(7-5-13)31-20(24)25/h2-8,10,17,20H,1,9,11H2,(H,27,29)/t17-/m1/s1. The zero-order valence-corrected chi connectivity index (χ0v) is 18.1. The molecule has 0 unspecified atom stereocenters. The van der Waals surface area contributed by atoms with Gasteiger partial charge in [-0.05, 0) is 36.4 Å². The van der Waals surface area contributed by atoms with E-state index in [1.54, 1.807) is 12.1 Å². The van der Waals surface area contributed by atoms with Gasteiger partial charge in [-0.1, -0.05) is 29.6 Å². The average Bonchev–Trinajstić information content (AvgIpc) is 3.00. The van der Waals surface area contributed by atoms with Crippen LogP contribution >= 0.6 is 23.5 Å². The number of thioether (sulfide) groups is 2. The van der Waals surface area contributed by atoms with Crippen LogP contribution in [0.3, 0.4) is 0 Å². The summed E-state index contributed by atoms with van der Waals surface area (Å²) in [6.45, 7) is 3.78. The monoisotopic (exact) mass is 483 g/mol. The maximum absolute atomic E-state index is 13.8. The first-order chi connectivity index (χ1) is 15.3. The first-order valence-corrected chi connectivity index (χ1v) is 11.0. The molecular formula is C21H17F4N3O2S2. The number of amides is 2. The van der Waals surface area contributed by atoms with Gasteiger partial charge >= 0.3 is 0 Å². The lowest BCUT2D eigenvalue weighted by Gasteiger charge is -2.14. The molecule has 1 aliphatic heterocycles. The second kappa shape index (κ2) is 10.7. The largest absolute Gasteiger partial charge is 0.324 e. The maximum atomic E-state index is 13.8. The van der Waals surface area contributed by atoms with Gasteiger partial charge < -0.3 is 5.32 Å². The highest BCUT2D eigenvalue weighted by atomic mass is 32.2. The Morgan fingerprint density at radius 3 is 2.59 bits per heavy atom. The van der Waals surface area contributed by atoms with Crippen LogP contribution in [0.2, 0.25) is 0 Å². The Hall–Kier alpha value is -2.79. The number of rotatable bonds is 8. The molecule has 168 valence electrons. The first-order valence-electron chi connectivity index (χ1n) is 9.24. The Morgan fingerprint density at radius 2 is 1.97 bits per heavy atom. The molecule has 1 atom stereocenters. The molecule has 1 heterocycles. The number of benzene rings is 2. The van der Waals surface area contributed by atoms with Gasteiger partial charge in [0.2, 0.25) is 11.8 Å². The van der Waals surface area contributed by atoms with E-state index in [-0.39, 0.29) is 24.6 Å². The van der Waals surface area contributed by atoms with Gasteiger partial charge in [0.15, 0.2) is 5.17 Å². The number of aliphatic imine (C=N–C) groups is 1. The number of carbonyl (C=O) groups excluding carboxylic acids is 2. The third-order valence-corrected chi connectivity index (χ3v) is 6.09. The fourth-order valence-electron chi connectivity index (χ4n) is 2.80. The van der Waals surface area contributed by atoms with E-state index in [0.29, 0.717) is 33.6 Å². The summed E-state index contributed by atoms with van der Waals surface area (Å²) >= 11 is 1.47. The average molecular weight is 484 g/mol. The lowest BCUT2D eigenvalue weighted by Crippen LogP contribution is -2.33. The molecule has 3 rings (SSSR count). The van der Waals surface area contributed by atoms with Crippen molar-refractivity contribution >= 4 is 51.9 Å². The first kappa shape index (κ1) is 23.9. The molecule has 32 heavy (non-hydrogen) atoms. The summed E-state index contributed by atoms with van der Waals surface area (Å²) in [4.78, 5) is 31.2. The van der Waals surface area contributed by atoms with Crippen LogP contribution in [-0.4, -0.2) is 39.4 Å². The van der Waals surface area contributed by atoms with E-state index in [4.69, 9.17) is 0 Å². The van der Waals surface area contributed by atoms with Crippen LogP contribution in [0.25, 0.3) is 0 Å². The van der Waals surface area contributed by atoms with Gasteiger partial charge in [-0.3, -0.25) is 14.5 Å². The highest BCUT2D eigenvalue weighted by Crippen LogP contribution is 2.33. The highest BCUT2D eigenvalue weighted by Gasteiger charge is 2.38. The summed E-state index contributed by atoms with van der Waals surface area (Å²) in [7, 11) is 0. The lowest BCUT2D eigenvalue weighted by molar-refractivity contribution is -0.127. The van der Waals surface area contributed by atoms with E-state index in [2.05, 4.69) is 16.9 Å². The van der Waals surface area contributed by atoms with Crippen molar-refractivity contribution in [2.24, 2.45) is 4.99 Å². The van der Waals surface area contributed by atoms with E-state index in [1.165, 1.54) is 23.1 Å². The molecule has 2 amide bonds. The summed E-state index contributed by atoms with van der Waals surface area (Å²) < 4.78 is 51.7. The minimum Gasteiger partial charge on any atom is -0.324 e. The normalized spacial score (nSPS) is 17.3. The lowest BCUT2D eigenvalue weighted by atomic mass is 10.2. The molecular weight excluding hydrogens is 466 g/mol. The van der Waals surface area contributed by atoms with Gasteiger partial charge in [0, 0.05) is 23.9 Å². The van der Waals surface area contributed by atoms with E-state index in [9.17, 15) is 27.2 Å². The predicted molar refractivity (Wildman–Crippen MR) is 118 cm³/mol. The van der Waals surface area contributed by atoms with Crippen molar-refractivity contribution in [1.29, 1.82) is 0 Å². The van der Waals surface area contributed by atoms with Crippen molar-refractivity contribution in [1.82, 2.24) is 4.90 Å². The maximum Gasteiger partial charge on any atom is 0.288 e. The second-order valence-corrected chi connectivity index (χ2v) is 8.72. The molecule has 1 N–H and O–H groups in total. The van der Waals surface area contributed by atoms with Crippen molar-refractivity contribution < 1.29 is 27.2 Å². The summed E-state index contributed by atoms with van der Waals surface area (Å²) in [6, 6.07) is 8.84. The molecule has 1 fully saturated rings. The number of halogens is 4. The van der Waals surface area contributed by atoms with Crippen molar-refractivity contribution in [3.05, 3.63) is 66.8 Å². The van der Waals surface area contributed by atoms with Crippen molar-refractivity contribution in [3.63, 3.8) is 0 Å². The highest BCUT2D eigenvalue weighted by molar-refractivity contribution is 8.15. The summed E-state index contributed by atoms with van der Waals surface area (Å²) in [5.74, 6) is -5.21. The van der Waals surface area contributed by atoms with Gasteiger partial charge in [-0.15, -0.1) is 6.58 Å². The minimum atomic E-state index is -2.53. The van der Waals surface area contributed by atoms with Crippen molar-refractivity contribution in [2.75, 3.05) is 11.9 Å². The predicted octanol–water partition coefficient (Wildman–Crippen LogP) is 5.43. The number of nitrogens with zero attached hydrogens (tertiary/aromatic N) is 2. The number of carbonyl (C=O) groups is 2. The molecule has 0 aromatic heterocycles. The number of nitrogens with one attached hydrogen (secondary N) is 1. The Morgan fingerprint density at radius 1 is 1.25 bits per heavy atom.